The van der Waals surface area contributed by atoms with Crippen molar-refractivity contribution in [3.63, 3.8) is 0 Å². The number of hydrogen-bond donors (Lipinski definition) is 0. The van der Waals surface area contributed by atoms with E-state index in [0.29, 0.717) is 19.8 Å². The Hall–Kier alpha value is -0.760. The molecule has 2 heteroatoms. The first kappa shape index (κ1) is 10.2. The van der Waals surface area contributed by atoms with Crippen molar-refractivity contribution in [3.8, 4) is 0 Å². The molecule has 0 aliphatic heterocycles. The minimum atomic E-state index is 0.595. The molecule has 0 aliphatic rings. The fraction of sp³-hybridized carbons (Fsp3) is 0.556. The molecule has 0 amide bonds. The molecule has 0 aromatic heterocycles. The highest BCUT2D eigenvalue weighted by Crippen LogP contribution is 1.93. The second-order valence-corrected chi connectivity index (χ2v) is 2.11. The Morgan fingerprint density at radius 3 is 2.73 bits per heavy atom. The van der Waals surface area contributed by atoms with E-state index in [0.717, 1.165) is 5.76 Å². The van der Waals surface area contributed by atoms with Gasteiger partial charge in [0.2, 0.25) is 0 Å². The number of hydrogen-bond acceptors (Lipinski definition) is 2. The highest BCUT2D eigenvalue weighted by molar-refractivity contribution is 4.83. The van der Waals surface area contributed by atoms with E-state index in [1.807, 2.05) is 19.9 Å². The summed E-state index contributed by atoms with van der Waals surface area (Å²) in [6.07, 6.45) is 3.65. The lowest BCUT2D eigenvalue weighted by Crippen LogP contribution is -2.02. The fourth-order valence-corrected chi connectivity index (χ4v) is 0.512. The van der Waals surface area contributed by atoms with E-state index in [4.69, 9.17) is 9.47 Å². The molecule has 0 unspecified atom stereocenters. The summed E-state index contributed by atoms with van der Waals surface area (Å²) in [7, 11) is 0. The van der Waals surface area contributed by atoms with Gasteiger partial charge in [-0.05, 0) is 13.8 Å². The first-order valence-electron chi connectivity index (χ1n) is 3.75. The van der Waals surface area contributed by atoms with Crippen LogP contribution >= 0.6 is 0 Å². The van der Waals surface area contributed by atoms with Crippen LogP contribution in [0.25, 0.3) is 0 Å². The molecule has 0 heterocycles. The molecule has 2 nitrogen and oxygen atoms in total. The van der Waals surface area contributed by atoms with E-state index >= 15 is 0 Å². The molecule has 0 bridgehead atoms. The summed E-state index contributed by atoms with van der Waals surface area (Å²) in [6, 6.07) is 0. The summed E-state index contributed by atoms with van der Waals surface area (Å²) in [6.45, 7) is 9.23. The van der Waals surface area contributed by atoms with Crippen LogP contribution in [0.1, 0.15) is 13.8 Å². The van der Waals surface area contributed by atoms with Gasteiger partial charge in [-0.1, -0.05) is 12.2 Å². The van der Waals surface area contributed by atoms with Crippen LogP contribution in [0.3, 0.4) is 0 Å². The predicted octanol–water partition coefficient (Wildman–Crippen LogP) is 2.13. The maximum atomic E-state index is 5.24. The number of ether oxygens (including phenoxy) is 2. The molecule has 0 rings (SSSR count). The summed E-state index contributed by atoms with van der Waals surface area (Å²) in [5.74, 6) is 0.937. The van der Waals surface area contributed by atoms with Gasteiger partial charge in [-0.2, -0.15) is 0 Å². The predicted molar refractivity (Wildman–Crippen MR) is 46.4 cm³/mol. The van der Waals surface area contributed by atoms with Crippen molar-refractivity contribution in [1.29, 1.82) is 0 Å². The smallest absolute Gasteiger partial charge is 0.111 e. The topological polar surface area (TPSA) is 18.5 Å². The van der Waals surface area contributed by atoms with Crippen LogP contribution in [0.2, 0.25) is 0 Å². The van der Waals surface area contributed by atoms with Gasteiger partial charge in [0, 0.05) is 0 Å². The normalized spacial score (nSPS) is 11.3. The average molecular weight is 156 g/mol. The van der Waals surface area contributed by atoms with Crippen molar-refractivity contribution in [2.45, 2.75) is 13.8 Å². The minimum absolute atomic E-state index is 0.595. The lowest BCUT2D eigenvalue weighted by atomic mass is 10.5. The van der Waals surface area contributed by atoms with Gasteiger partial charge in [0.05, 0.1) is 19.0 Å². The largest absolute Gasteiger partial charge is 0.496 e. The molecule has 0 atom stereocenters. The maximum Gasteiger partial charge on any atom is 0.111 e. The van der Waals surface area contributed by atoms with Crippen LogP contribution in [0.15, 0.2) is 24.5 Å². The highest BCUT2D eigenvalue weighted by Gasteiger charge is 1.87. The summed E-state index contributed by atoms with van der Waals surface area (Å²) in [5.41, 5.74) is 0. The van der Waals surface area contributed by atoms with E-state index in [2.05, 4.69) is 6.58 Å². The monoisotopic (exact) mass is 156 g/mol. The molecular weight excluding hydrogens is 140 g/mol. The summed E-state index contributed by atoms with van der Waals surface area (Å²) in [4.78, 5) is 0. The zero-order valence-corrected chi connectivity index (χ0v) is 7.30. The lowest BCUT2D eigenvalue weighted by Gasteiger charge is -2.04. The Balaban J connectivity index is 3.08. The Morgan fingerprint density at radius 2 is 2.18 bits per heavy atom. The average Bonchev–Trinajstić information content (AvgIpc) is 2.04. The van der Waals surface area contributed by atoms with Crippen molar-refractivity contribution in [1.82, 2.24) is 0 Å². The molecule has 0 spiro atoms. The summed E-state index contributed by atoms with van der Waals surface area (Å²) < 4.78 is 10.3. The van der Waals surface area contributed by atoms with Gasteiger partial charge < -0.3 is 9.47 Å². The van der Waals surface area contributed by atoms with E-state index in [1.165, 1.54) is 0 Å². The Bertz CT molecular complexity index is 128. The van der Waals surface area contributed by atoms with Gasteiger partial charge in [0.15, 0.2) is 0 Å². The third-order valence-electron chi connectivity index (χ3n) is 1.20. The zero-order chi connectivity index (χ0) is 8.53. The van der Waals surface area contributed by atoms with Crippen LogP contribution in [0.5, 0.6) is 0 Å². The van der Waals surface area contributed by atoms with Gasteiger partial charge in [-0.3, -0.25) is 0 Å². The third kappa shape index (κ3) is 7.13. The zero-order valence-electron chi connectivity index (χ0n) is 7.30. The van der Waals surface area contributed by atoms with Gasteiger partial charge >= 0.3 is 0 Å². The Kier molecular flexibility index (Phi) is 6.84. The molecule has 0 aromatic carbocycles. The van der Waals surface area contributed by atoms with E-state index in [9.17, 15) is 0 Å². The van der Waals surface area contributed by atoms with E-state index in [1.54, 1.807) is 6.08 Å². The first-order valence-corrected chi connectivity index (χ1v) is 3.75. The van der Waals surface area contributed by atoms with Crippen LogP contribution in [0, 0.1) is 0 Å². The number of allylic oxidation sites excluding steroid dienone is 2. The van der Waals surface area contributed by atoms with Crippen LogP contribution in [-0.4, -0.2) is 19.8 Å². The minimum Gasteiger partial charge on any atom is -0.496 e. The molecule has 64 valence electrons. The summed E-state index contributed by atoms with van der Waals surface area (Å²) >= 11 is 0. The molecule has 0 aliphatic carbocycles. The third-order valence-corrected chi connectivity index (χ3v) is 1.20. The molecule has 0 saturated carbocycles. The van der Waals surface area contributed by atoms with Crippen molar-refractivity contribution in [2.24, 2.45) is 0 Å². The fourth-order valence-electron chi connectivity index (χ4n) is 0.512. The molecule has 0 radical (unpaired) electrons. The second-order valence-electron chi connectivity index (χ2n) is 2.11. The number of rotatable bonds is 6. The molecule has 0 N–H and O–H groups in total. The maximum absolute atomic E-state index is 5.24. The highest BCUT2D eigenvalue weighted by atomic mass is 16.5. The summed E-state index contributed by atoms with van der Waals surface area (Å²) in [5, 5.41) is 0. The van der Waals surface area contributed by atoms with Gasteiger partial charge in [0.1, 0.15) is 6.61 Å². The van der Waals surface area contributed by atoms with Crippen molar-refractivity contribution >= 4 is 0 Å². The first-order chi connectivity index (χ1) is 5.31. The Labute approximate surface area is 68.5 Å². The molecule has 11 heavy (non-hydrogen) atoms. The standard InChI is InChI=1S/C9H16O2/c1-4-6-10-7-8-11-9(3)5-2/h4-5H,1,6-8H2,2-3H3. The van der Waals surface area contributed by atoms with Crippen LogP contribution < -0.4 is 0 Å². The van der Waals surface area contributed by atoms with E-state index in [-0.39, 0.29) is 0 Å². The van der Waals surface area contributed by atoms with Crippen LogP contribution in [0.4, 0.5) is 0 Å². The van der Waals surface area contributed by atoms with Crippen molar-refractivity contribution < 1.29 is 9.47 Å². The van der Waals surface area contributed by atoms with Gasteiger partial charge in [0.25, 0.3) is 0 Å². The van der Waals surface area contributed by atoms with Crippen molar-refractivity contribution in [2.75, 3.05) is 19.8 Å². The molecular formula is C9H16O2. The van der Waals surface area contributed by atoms with Gasteiger partial charge in [-0.25, -0.2) is 0 Å². The lowest BCUT2D eigenvalue weighted by molar-refractivity contribution is 0.0918. The molecule has 0 saturated heterocycles. The van der Waals surface area contributed by atoms with Gasteiger partial charge in [-0.15, -0.1) is 6.58 Å². The second kappa shape index (κ2) is 7.35. The van der Waals surface area contributed by atoms with E-state index < -0.39 is 0 Å². The SMILES string of the molecule is C=CCOCCOC(C)=CC. The van der Waals surface area contributed by atoms with Crippen LogP contribution in [-0.2, 0) is 9.47 Å². The van der Waals surface area contributed by atoms with Crippen molar-refractivity contribution in [3.05, 3.63) is 24.5 Å². The molecule has 0 fully saturated rings. The Morgan fingerprint density at radius 1 is 1.45 bits per heavy atom. The molecule has 0 aromatic rings. The quantitative estimate of drug-likeness (QED) is 0.333.